The molecule has 7 rings (SSSR count). The first kappa shape index (κ1) is 31.3. The third kappa shape index (κ3) is 4.66. The minimum Gasteiger partial charge on any atom is -0.378 e. The molecule has 0 unspecified atom stereocenters. The van der Waals surface area contributed by atoms with Crippen molar-refractivity contribution in [3.63, 3.8) is 0 Å². The Bertz CT molecular complexity index is 2080. The number of hydrogen-bond donors (Lipinski definition) is 0. The predicted molar refractivity (Wildman–Crippen MR) is 193 cm³/mol. The summed E-state index contributed by atoms with van der Waals surface area (Å²) in [6.45, 7) is 11.3. The second-order valence-electron chi connectivity index (χ2n) is 14.4. The lowest BCUT2D eigenvalue weighted by Gasteiger charge is -2.37. The molecule has 0 amide bonds. The van der Waals surface area contributed by atoms with Gasteiger partial charge in [0.05, 0.1) is 22.1 Å². The first-order valence-corrected chi connectivity index (χ1v) is 17.4. The van der Waals surface area contributed by atoms with Crippen LogP contribution < -0.4 is 14.0 Å². The van der Waals surface area contributed by atoms with Crippen molar-refractivity contribution in [2.75, 3.05) is 19.0 Å². The van der Waals surface area contributed by atoms with E-state index in [9.17, 15) is 0 Å². The van der Waals surface area contributed by atoms with Crippen LogP contribution in [0.5, 0.6) is 0 Å². The van der Waals surface area contributed by atoms with E-state index in [2.05, 4.69) is 149 Å². The molecule has 0 saturated carbocycles. The number of nitrogens with zero attached hydrogens (tertiary/aromatic N) is 3. The van der Waals surface area contributed by atoms with Crippen molar-refractivity contribution in [1.29, 1.82) is 0 Å². The number of anilines is 1. The minimum atomic E-state index is -0.490. The molecule has 5 aromatic rings. The van der Waals surface area contributed by atoms with Crippen molar-refractivity contribution < 1.29 is 13.5 Å². The number of benzene rings is 3. The van der Waals surface area contributed by atoms with E-state index in [1.807, 2.05) is 0 Å². The maximum Gasteiger partial charge on any atom is 0.227 e. The Balaban J connectivity index is 1.66. The molecule has 0 saturated heterocycles. The molecule has 2 aromatic heterocycles. The van der Waals surface area contributed by atoms with E-state index in [0.29, 0.717) is 0 Å². The van der Waals surface area contributed by atoms with Crippen molar-refractivity contribution in [1.82, 2.24) is 0 Å². The number of aromatic nitrogens is 2. The van der Waals surface area contributed by atoms with Gasteiger partial charge < -0.3 is 4.90 Å². The highest BCUT2D eigenvalue weighted by molar-refractivity contribution is 6.02. The van der Waals surface area contributed by atoms with E-state index < -0.39 is 5.41 Å². The summed E-state index contributed by atoms with van der Waals surface area (Å²) in [6.07, 6.45) is 12.0. The highest BCUT2D eigenvalue weighted by atomic mass is 19.1. The molecule has 0 radical (unpaired) electrons. The van der Waals surface area contributed by atoms with Crippen molar-refractivity contribution in [3.8, 4) is 22.5 Å². The minimum absolute atomic E-state index is 0.112. The molecule has 240 valence electrons. The highest BCUT2D eigenvalue weighted by Crippen LogP contribution is 2.54. The Labute approximate surface area is 280 Å². The number of pyridine rings is 2. The van der Waals surface area contributed by atoms with Crippen molar-refractivity contribution in [2.45, 2.75) is 77.6 Å². The molecule has 2 aliphatic rings. The monoisotopic (exact) mass is 625 g/mol. The molecule has 0 fully saturated rings. The molecule has 3 nitrogen and oxygen atoms in total. The molecule has 0 N–H and O–H groups in total. The number of hydrogen-bond acceptors (Lipinski definition) is 1. The average molecular weight is 626 g/mol. The fourth-order valence-electron chi connectivity index (χ4n) is 8.42. The third-order valence-corrected chi connectivity index (χ3v) is 11.2. The summed E-state index contributed by atoms with van der Waals surface area (Å²) in [5.41, 5.74) is 11.9. The normalized spacial score (nSPS) is 15.4. The van der Waals surface area contributed by atoms with Crippen LogP contribution in [-0.2, 0) is 24.3 Å². The van der Waals surface area contributed by atoms with Crippen molar-refractivity contribution in [3.05, 3.63) is 119 Å². The fourth-order valence-corrected chi connectivity index (χ4v) is 8.42. The Kier molecular flexibility index (Phi) is 7.62. The van der Waals surface area contributed by atoms with Gasteiger partial charge in [-0.3, -0.25) is 0 Å². The first-order chi connectivity index (χ1) is 22.6. The fraction of sp³-hybridized carbons (Fsp3) is 0.349. The topological polar surface area (TPSA) is 11.0 Å². The highest BCUT2D eigenvalue weighted by Gasteiger charge is 2.47. The third-order valence-electron chi connectivity index (χ3n) is 11.2. The Morgan fingerprint density at radius 2 is 1.62 bits per heavy atom. The van der Waals surface area contributed by atoms with Gasteiger partial charge in [-0.15, -0.1) is 0 Å². The summed E-state index contributed by atoms with van der Waals surface area (Å²) in [5.74, 6) is -0.112. The molecule has 0 atom stereocenters. The Hall–Kier alpha value is -4.31. The lowest BCUT2D eigenvalue weighted by molar-refractivity contribution is -0.660. The number of rotatable bonds is 8. The number of unbranched alkanes of at least 4 members (excludes halogenated alkanes) is 1. The van der Waals surface area contributed by atoms with E-state index in [0.717, 1.165) is 66.0 Å². The van der Waals surface area contributed by atoms with Crippen LogP contribution in [-0.4, -0.2) is 14.1 Å². The standard InChI is InChI=1S/C43H48FN3/c1-9-12-15-28-24-29-21-23-47-37(31-18-17-30(45(6)7)26-32(31)36-16-13-14-22-46(36)8)27-43(10-2,11-3)33-19-20-35(44)40-39(33)41(47)38(29)34(25-28)42(40,4)5/h13-14,16-27H,9-12,15H2,1-8H3/q+2. The molecule has 0 bridgehead atoms. The van der Waals surface area contributed by atoms with Crippen LogP contribution in [0.15, 0.2) is 85.2 Å². The zero-order valence-electron chi connectivity index (χ0n) is 29.3. The summed E-state index contributed by atoms with van der Waals surface area (Å²) >= 11 is 0. The summed E-state index contributed by atoms with van der Waals surface area (Å²) in [6, 6.07) is 24.1. The van der Waals surface area contributed by atoms with Gasteiger partial charge in [0.25, 0.3) is 0 Å². The van der Waals surface area contributed by atoms with Gasteiger partial charge in [0.2, 0.25) is 17.1 Å². The molecule has 1 aliphatic carbocycles. The van der Waals surface area contributed by atoms with Crippen LogP contribution in [0, 0.1) is 5.82 Å². The van der Waals surface area contributed by atoms with Crippen LogP contribution >= 0.6 is 0 Å². The predicted octanol–water partition coefficient (Wildman–Crippen LogP) is 9.43. The van der Waals surface area contributed by atoms with Gasteiger partial charge in [-0.25, -0.2) is 8.96 Å². The summed E-state index contributed by atoms with van der Waals surface area (Å²) in [5, 5.41) is 2.49. The average Bonchev–Trinajstić information content (AvgIpc) is 3.19. The van der Waals surface area contributed by atoms with Gasteiger partial charge in [-0.2, -0.15) is 4.57 Å². The number of allylic oxidation sites excluding steroid dienone is 1. The van der Waals surface area contributed by atoms with Gasteiger partial charge in [0, 0.05) is 54.4 Å². The van der Waals surface area contributed by atoms with E-state index >= 15 is 4.39 Å². The molecule has 47 heavy (non-hydrogen) atoms. The Morgan fingerprint density at radius 1 is 0.830 bits per heavy atom. The molecular formula is C43H48FN3+2. The molecule has 4 heteroatoms. The van der Waals surface area contributed by atoms with Crippen LogP contribution in [0.1, 0.15) is 88.1 Å². The van der Waals surface area contributed by atoms with E-state index in [-0.39, 0.29) is 11.2 Å². The lowest BCUT2D eigenvalue weighted by atomic mass is 9.64. The van der Waals surface area contributed by atoms with Gasteiger partial charge in [-0.05, 0) is 84.2 Å². The SMILES string of the molecule is CCCCc1cc2c3c4[n+](ccc3c1)C(c1ccc(N(C)C)cc1-c1cccc[n+]1C)=CC(CC)(CC)c1ccc(F)c(c1-4)C2(C)C. The van der Waals surface area contributed by atoms with Gasteiger partial charge in [-0.1, -0.05) is 59.2 Å². The summed E-state index contributed by atoms with van der Waals surface area (Å²) in [4.78, 5) is 2.17. The van der Waals surface area contributed by atoms with Gasteiger partial charge in [0.1, 0.15) is 12.9 Å². The second kappa shape index (κ2) is 11.4. The van der Waals surface area contributed by atoms with Crippen molar-refractivity contribution >= 4 is 22.2 Å². The largest absolute Gasteiger partial charge is 0.378 e. The second-order valence-corrected chi connectivity index (χ2v) is 14.4. The lowest BCUT2D eigenvalue weighted by Crippen LogP contribution is -2.39. The van der Waals surface area contributed by atoms with Crippen LogP contribution in [0.3, 0.4) is 0 Å². The quantitative estimate of drug-likeness (QED) is 0.156. The summed E-state index contributed by atoms with van der Waals surface area (Å²) < 4.78 is 21.1. The molecular weight excluding hydrogens is 577 g/mol. The van der Waals surface area contributed by atoms with E-state index in [1.165, 1.54) is 38.6 Å². The maximum atomic E-state index is 16.5. The van der Waals surface area contributed by atoms with E-state index in [4.69, 9.17) is 0 Å². The smallest absolute Gasteiger partial charge is 0.227 e. The van der Waals surface area contributed by atoms with Crippen LogP contribution in [0.4, 0.5) is 10.1 Å². The molecule has 0 spiro atoms. The van der Waals surface area contributed by atoms with Gasteiger partial charge >= 0.3 is 0 Å². The number of aryl methyl sites for hydroxylation is 2. The number of halogens is 1. The molecule has 3 aromatic carbocycles. The van der Waals surface area contributed by atoms with Crippen LogP contribution in [0.2, 0.25) is 0 Å². The zero-order chi connectivity index (χ0) is 33.2. The summed E-state index contributed by atoms with van der Waals surface area (Å²) in [7, 11) is 6.31. The van der Waals surface area contributed by atoms with Crippen LogP contribution in [0.25, 0.3) is 39.0 Å². The first-order valence-electron chi connectivity index (χ1n) is 17.4. The maximum absolute atomic E-state index is 16.5. The van der Waals surface area contributed by atoms with E-state index in [1.54, 1.807) is 6.07 Å². The van der Waals surface area contributed by atoms with Gasteiger partial charge in [0.15, 0.2) is 12.4 Å². The zero-order valence-corrected chi connectivity index (χ0v) is 29.3. The molecule has 1 aliphatic heterocycles. The Morgan fingerprint density at radius 3 is 2.32 bits per heavy atom. The molecule has 3 heterocycles. The van der Waals surface area contributed by atoms with Crippen molar-refractivity contribution in [2.24, 2.45) is 7.05 Å².